The topological polar surface area (TPSA) is 54.0 Å². The normalized spacial score (nSPS) is 19.5. The monoisotopic (exact) mass is 975 g/mol. The van der Waals surface area contributed by atoms with Gasteiger partial charge in [0.05, 0.1) is 19.1 Å². The molecule has 68 heavy (non-hydrogen) atoms. The van der Waals surface area contributed by atoms with Crippen LogP contribution in [0.1, 0.15) is 311 Å². The maximum atomic E-state index is 14.0. The number of unbranched alkanes of at least 4 members (excludes halogenated alkanes) is 32. The third-order valence-electron chi connectivity index (χ3n) is 17.2. The van der Waals surface area contributed by atoms with E-state index >= 15 is 0 Å². The van der Waals surface area contributed by atoms with Gasteiger partial charge in [0.2, 0.25) is 0 Å². The van der Waals surface area contributed by atoms with Gasteiger partial charge in [0.25, 0.3) is 0 Å². The number of esters is 1. The van der Waals surface area contributed by atoms with Crippen LogP contribution >= 0.6 is 0 Å². The maximum absolute atomic E-state index is 14.0. The molecule has 7 atom stereocenters. The summed E-state index contributed by atoms with van der Waals surface area (Å²) in [6.45, 7) is 20.6. The van der Waals surface area contributed by atoms with E-state index in [0.717, 1.165) is 57.2 Å². The molecule has 5 nitrogen and oxygen atoms in total. The Morgan fingerprint density at radius 2 is 1.00 bits per heavy atom. The molecule has 1 saturated carbocycles. The van der Waals surface area contributed by atoms with Gasteiger partial charge in [-0.05, 0) is 93.2 Å². The van der Waals surface area contributed by atoms with Crippen LogP contribution in [-0.2, 0) is 23.4 Å². The Balaban J connectivity index is 1.92. The number of carbonyl (C=O) groups excluding carboxylic acids is 1. The Morgan fingerprint density at radius 3 is 1.38 bits per heavy atom. The van der Waals surface area contributed by atoms with Crippen LogP contribution < -0.4 is 0 Å². The average Bonchev–Trinajstić information content (AvgIpc) is 4.10. The van der Waals surface area contributed by atoms with E-state index in [4.69, 9.17) is 18.6 Å². The van der Waals surface area contributed by atoms with Crippen molar-refractivity contribution in [3.05, 3.63) is 0 Å². The molecule has 1 aliphatic heterocycles. The van der Waals surface area contributed by atoms with Gasteiger partial charge in [0, 0.05) is 13.2 Å². The van der Waals surface area contributed by atoms with Crippen LogP contribution in [0.2, 0.25) is 18.1 Å². The maximum Gasteiger partial charge on any atom is 0.311 e. The summed E-state index contributed by atoms with van der Waals surface area (Å²) in [5, 5.41) is 0.0805. The molecule has 0 aromatic heterocycles. The van der Waals surface area contributed by atoms with Gasteiger partial charge in [-0.1, -0.05) is 260 Å². The number of carbonyl (C=O) groups is 1. The fourth-order valence-electron chi connectivity index (χ4n) is 11.3. The second kappa shape index (κ2) is 41.0. The van der Waals surface area contributed by atoms with Crippen molar-refractivity contribution < 1.29 is 23.4 Å². The Kier molecular flexibility index (Phi) is 38.4. The van der Waals surface area contributed by atoms with Crippen molar-refractivity contribution in [3.8, 4) is 0 Å². The lowest BCUT2D eigenvalue weighted by atomic mass is 9.80. The molecule has 0 aromatic carbocycles. The second-order valence-electron chi connectivity index (χ2n) is 24.5. The number of rotatable bonds is 48. The first-order valence-electron chi connectivity index (χ1n) is 30.9. The molecule has 2 aliphatic rings. The van der Waals surface area contributed by atoms with Gasteiger partial charge < -0.3 is 18.6 Å². The van der Waals surface area contributed by atoms with E-state index in [1.807, 2.05) is 0 Å². The molecule has 0 N–H and O–H groups in total. The zero-order valence-corrected chi connectivity index (χ0v) is 48.7. The molecule has 1 aliphatic carbocycles. The molecule has 1 saturated heterocycles. The second-order valence-corrected chi connectivity index (χ2v) is 29.2. The summed E-state index contributed by atoms with van der Waals surface area (Å²) in [5.41, 5.74) is 0. The summed E-state index contributed by atoms with van der Waals surface area (Å²) in [4.78, 5) is 14.0. The van der Waals surface area contributed by atoms with E-state index in [1.54, 1.807) is 7.11 Å². The quantitative estimate of drug-likeness (QED) is 0.0345. The summed E-state index contributed by atoms with van der Waals surface area (Å²) < 4.78 is 25.4. The Morgan fingerprint density at radius 1 is 0.588 bits per heavy atom. The van der Waals surface area contributed by atoms with E-state index in [9.17, 15) is 4.79 Å². The lowest BCUT2D eigenvalue weighted by molar-refractivity contribution is -0.164. The largest absolute Gasteiger partial charge is 0.469 e. The van der Waals surface area contributed by atoms with Gasteiger partial charge in [-0.2, -0.15) is 0 Å². The predicted molar refractivity (Wildman–Crippen MR) is 298 cm³/mol. The highest BCUT2D eigenvalue weighted by Crippen LogP contribution is 2.51. The van der Waals surface area contributed by atoms with E-state index in [1.165, 1.54) is 238 Å². The van der Waals surface area contributed by atoms with Crippen LogP contribution in [0.25, 0.3) is 0 Å². The standard InChI is InChI=1S/C62H122O5Si/c1-10-12-14-16-18-20-22-24-26-27-28-29-30-31-33-35-37-39-41-43-47-57(61(63)64-7)60(67-68(8,9)62(4,5)6)55(46-42-40-38-36-34-32-25-23-21-19-17-15-13-11-2)52-56-53-58(56)54(3)49-51-66-59-48-44-45-50-65-59/h54-60H,10-53H2,1-9H3/t54-,55?,56-,57+,58+,59?,60+/m0/s1. The Hall–Kier alpha value is -0.433. The SMILES string of the molecule is CCCCCCCCCCCCCCCCCCCCCC[C@@H](C(=O)OC)[C@H](O[Si](C)(C)C(C)(C)C)C(CCCCCCCCCCCCCCCC)C[C@H]1C[C@@H]1[C@@H](C)CCOC1CCCCO1. The van der Waals surface area contributed by atoms with Crippen molar-refractivity contribution in [1.29, 1.82) is 0 Å². The summed E-state index contributed by atoms with van der Waals surface area (Å²) in [5.74, 6) is 2.30. The number of methoxy groups -OCH3 is 1. The molecule has 0 aromatic rings. The fraction of sp³-hybridized carbons (Fsp3) is 0.984. The van der Waals surface area contributed by atoms with Crippen LogP contribution in [0, 0.1) is 29.6 Å². The van der Waals surface area contributed by atoms with E-state index in [0.29, 0.717) is 11.8 Å². The van der Waals surface area contributed by atoms with Crippen molar-refractivity contribution >= 4 is 14.3 Å². The highest BCUT2D eigenvalue weighted by Gasteiger charge is 2.48. The molecule has 0 amide bonds. The zero-order chi connectivity index (χ0) is 49.6. The van der Waals surface area contributed by atoms with Gasteiger partial charge in [-0.25, -0.2) is 0 Å². The van der Waals surface area contributed by atoms with Crippen LogP contribution in [-0.4, -0.2) is 47.0 Å². The molecule has 0 spiro atoms. The highest BCUT2D eigenvalue weighted by molar-refractivity contribution is 6.74. The minimum Gasteiger partial charge on any atom is -0.469 e. The summed E-state index contributed by atoms with van der Waals surface area (Å²) in [7, 11) is -0.554. The van der Waals surface area contributed by atoms with Crippen molar-refractivity contribution in [2.75, 3.05) is 20.3 Å². The van der Waals surface area contributed by atoms with Gasteiger partial charge in [0.1, 0.15) is 0 Å². The van der Waals surface area contributed by atoms with Gasteiger partial charge in [-0.15, -0.1) is 0 Å². The summed E-state index contributed by atoms with van der Waals surface area (Å²) in [6.07, 6.45) is 56.1. The minimum atomic E-state index is -2.18. The molecule has 2 rings (SSSR count). The first-order valence-corrected chi connectivity index (χ1v) is 33.8. The van der Waals surface area contributed by atoms with Gasteiger partial charge in [-0.3, -0.25) is 4.79 Å². The van der Waals surface area contributed by atoms with Crippen molar-refractivity contribution in [2.24, 2.45) is 29.6 Å². The first-order chi connectivity index (χ1) is 32.9. The number of ether oxygens (including phenoxy) is 3. The third kappa shape index (κ3) is 31.2. The van der Waals surface area contributed by atoms with Crippen molar-refractivity contribution in [1.82, 2.24) is 0 Å². The molecule has 0 bridgehead atoms. The minimum absolute atomic E-state index is 0.00252. The summed E-state index contributed by atoms with van der Waals surface area (Å²) in [6, 6.07) is 0. The molecule has 404 valence electrons. The Labute approximate surface area is 427 Å². The highest BCUT2D eigenvalue weighted by atomic mass is 28.4. The van der Waals surface area contributed by atoms with Crippen LogP contribution in [0.4, 0.5) is 0 Å². The smallest absolute Gasteiger partial charge is 0.311 e. The van der Waals surface area contributed by atoms with Crippen LogP contribution in [0.15, 0.2) is 0 Å². The van der Waals surface area contributed by atoms with Crippen LogP contribution in [0.3, 0.4) is 0 Å². The molecule has 2 unspecified atom stereocenters. The number of hydrogen-bond donors (Lipinski definition) is 0. The molecular formula is C62H122O5Si. The average molecular weight is 976 g/mol. The molecule has 1 heterocycles. The fourth-order valence-corrected chi connectivity index (χ4v) is 12.7. The molecular weight excluding hydrogens is 853 g/mol. The Bertz CT molecular complexity index is 1130. The van der Waals surface area contributed by atoms with E-state index in [2.05, 4.69) is 54.6 Å². The number of hydrogen-bond acceptors (Lipinski definition) is 5. The van der Waals surface area contributed by atoms with Gasteiger partial charge >= 0.3 is 5.97 Å². The van der Waals surface area contributed by atoms with E-state index < -0.39 is 8.32 Å². The third-order valence-corrected chi connectivity index (χ3v) is 21.7. The molecule has 0 radical (unpaired) electrons. The lowest BCUT2D eigenvalue weighted by Gasteiger charge is -2.44. The molecule has 2 fully saturated rings. The van der Waals surface area contributed by atoms with Crippen LogP contribution in [0.5, 0.6) is 0 Å². The molecule has 6 heteroatoms. The first kappa shape index (κ1) is 63.7. The van der Waals surface area contributed by atoms with E-state index in [-0.39, 0.29) is 29.3 Å². The van der Waals surface area contributed by atoms with Crippen molar-refractivity contribution in [2.45, 2.75) is 342 Å². The van der Waals surface area contributed by atoms with Gasteiger partial charge in [0.15, 0.2) is 14.6 Å². The summed E-state index contributed by atoms with van der Waals surface area (Å²) >= 11 is 0. The predicted octanol–water partition coefficient (Wildman–Crippen LogP) is 20.5. The lowest BCUT2D eigenvalue weighted by Crippen LogP contribution is -2.50. The zero-order valence-electron chi connectivity index (χ0n) is 47.7. The van der Waals surface area contributed by atoms with Crippen molar-refractivity contribution in [3.63, 3.8) is 0 Å².